The third-order valence-corrected chi connectivity index (χ3v) is 3.69. The number of aromatic amines is 1. The van der Waals surface area contributed by atoms with Gasteiger partial charge in [0.05, 0.1) is 0 Å². The van der Waals surface area contributed by atoms with E-state index in [2.05, 4.69) is 15.1 Å². The van der Waals surface area contributed by atoms with Crippen molar-refractivity contribution in [2.45, 2.75) is 25.3 Å². The first kappa shape index (κ1) is 13.1. The second kappa shape index (κ2) is 5.58. The van der Waals surface area contributed by atoms with Crippen LogP contribution in [0.1, 0.15) is 30.2 Å². The highest BCUT2D eigenvalue weighted by Gasteiger charge is 2.24. The lowest BCUT2D eigenvalue weighted by atomic mass is 9.96. The van der Waals surface area contributed by atoms with Gasteiger partial charge in [-0.2, -0.15) is 0 Å². The van der Waals surface area contributed by atoms with E-state index in [0.29, 0.717) is 5.89 Å². The fourth-order valence-corrected chi connectivity index (χ4v) is 2.65. The van der Waals surface area contributed by atoms with Gasteiger partial charge in [-0.05, 0) is 43.6 Å². The van der Waals surface area contributed by atoms with E-state index in [1.54, 1.807) is 12.1 Å². The van der Waals surface area contributed by atoms with Gasteiger partial charge in [-0.25, -0.2) is 14.3 Å². The molecule has 0 radical (unpaired) electrons. The third-order valence-electron chi connectivity index (χ3n) is 3.69. The molecule has 1 N–H and O–H groups in total. The topological polar surface area (TPSA) is 62.1 Å². The predicted molar refractivity (Wildman–Crippen MR) is 70.8 cm³/mol. The minimum atomic E-state index is -0.498. The van der Waals surface area contributed by atoms with Gasteiger partial charge >= 0.3 is 5.76 Å². The monoisotopic (exact) mass is 277 g/mol. The zero-order chi connectivity index (χ0) is 13.9. The number of halogens is 1. The molecule has 1 aromatic carbocycles. The van der Waals surface area contributed by atoms with Crippen LogP contribution < -0.4 is 5.76 Å². The average Bonchev–Trinajstić information content (AvgIpc) is 2.86. The first-order valence-corrected chi connectivity index (χ1v) is 6.73. The number of likely N-dealkylation sites (tertiary alicyclic amines) is 1. The lowest BCUT2D eigenvalue weighted by Crippen LogP contribution is -2.32. The molecular formula is C14H16FN3O2. The van der Waals surface area contributed by atoms with E-state index in [1.807, 2.05) is 6.07 Å². The smallest absolute Gasteiger partial charge is 0.392 e. The van der Waals surface area contributed by atoms with Crippen molar-refractivity contribution in [1.82, 2.24) is 15.1 Å². The Morgan fingerprint density at radius 2 is 2.20 bits per heavy atom. The standard InChI is InChI=1S/C14H16FN3O2/c15-12-3-1-2-10(8-12)9-18-6-4-11(5-7-18)13-16-17-14(19)20-13/h1-3,8,11H,4-7,9H2,(H,17,19). The first-order valence-electron chi connectivity index (χ1n) is 6.73. The van der Waals surface area contributed by atoms with Crippen LogP contribution in [0.15, 0.2) is 33.5 Å². The molecule has 2 aromatic rings. The molecule has 106 valence electrons. The molecule has 0 unspecified atom stereocenters. The lowest BCUT2D eigenvalue weighted by Gasteiger charge is -2.30. The average molecular weight is 277 g/mol. The fourth-order valence-electron chi connectivity index (χ4n) is 2.65. The van der Waals surface area contributed by atoms with E-state index >= 15 is 0 Å². The summed E-state index contributed by atoms with van der Waals surface area (Å²) < 4.78 is 18.1. The summed E-state index contributed by atoms with van der Waals surface area (Å²) in [7, 11) is 0. The van der Waals surface area contributed by atoms with Crippen molar-refractivity contribution in [3.63, 3.8) is 0 Å². The van der Waals surface area contributed by atoms with Crippen LogP contribution >= 0.6 is 0 Å². The molecule has 0 saturated carbocycles. The van der Waals surface area contributed by atoms with Gasteiger partial charge < -0.3 is 4.42 Å². The van der Waals surface area contributed by atoms with E-state index in [1.165, 1.54) is 6.07 Å². The van der Waals surface area contributed by atoms with Crippen LogP contribution in [0.25, 0.3) is 0 Å². The van der Waals surface area contributed by atoms with Crippen LogP contribution in [0.4, 0.5) is 4.39 Å². The Balaban J connectivity index is 1.57. The number of hydrogen-bond donors (Lipinski definition) is 1. The highest BCUT2D eigenvalue weighted by molar-refractivity contribution is 5.16. The summed E-state index contributed by atoms with van der Waals surface area (Å²) >= 11 is 0. The van der Waals surface area contributed by atoms with Crippen LogP contribution in [-0.2, 0) is 6.54 Å². The largest absolute Gasteiger partial charge is 0.434 e. The zero-order valence-electron chi connectivity index (χ0n) is 11.0. The van der Waals surface area contributed by atoms with E-state index in [0.717, 1.165) is 38.0 Å². The fraction of sp³-hybridized carbons (Fsp3) is 0.429. The predicted octanol–water partition coefficient (Wildman–Crippen LogP) is 1.88. The Morgan fingerprint density at radius 1 is 1.40 bits per heavy atom. The molecule has 0 atom stereocenters. The summed E-state index contributed by atoms with van der Waals surface area (Å²) in [6, 6.07) is 6.69. The van der Waals surface area contributed by atoms with Crippen LogP contribution in [0.2, 0.25) is 0 Å². The van der Waals surface area contributed by atoms with Crippen LogP contribution in [-0.4, -0.2) is 28.2 Å². The second-order valence-corrected chi connectivity index (χ2v) is 5.13. The van der Waals surface area contributed by atoms with Gasteiger partial charge in [-0.3, -0.25) is 4.90 Å². The SMILES string of the molecule is O=c1[nH]nc(C2CCN(Cc3cccc(F)c3)CC2)o1. The Morgan fingerprint density at radius 3 is 2.85 bits per heavy atom. The van der Waals surface area contributed by atoms with Gasteiger partial charge in [-0.1, -0.05) is 12.1 Å². The lowest BCUT2D eigenvalue weighted by molar-refractivity contribution is 0.192. The number of hydrogen-bond acceptors (Lipinski definition) is 4. The molecule has 0 spiro atoms. The zero-order valence-corrected chi connectivity index (χ0v) is 11.0. The molecule has 1 aliphatic heterocycles. The molecule has 0 aliphatic carbocycles. The maximum absolute atomic E-state index is 13.1. The molecule has 3 rings (SSSR count). The third kappa shape index (κ3) is 2.96. The quantitative estimate of drug-likeness (QED) is 0.930. The van der Waals surface area contributed by atoms with Gasteiger partial charge in [0.25, 0.3) is 0 Å². The van der Waals surface area contributed by atoms with Gasteiger partial charge in [0.15, 0.2) is 0 Å². The molecule has 20 heavy (non-hydrogen) atoms. The second-order valence-electron chi connectivity index (χ2n) is 5.13. The summed E-state index contributed by atoms with van der Waals surface area (Å²) in [5, 5.41) is 6.18. The molecule has 2 heterocycles. The van der Waals surface area contributed by atoms with Crippen LogP contribution in [0, 0.1) is 5.82 Å². The summed E-state index contributed by atoms with van der Waals surface area (Å²) in [6.07, 6.45) is 1.78. The molecule has 1 saturated heterocycles. The number of piperidine rings is 1. The van der Waals surface area contributed by atoms with Crippen molar-refractivity contribution in [2.24, 2.45) is 0 Å². The number of benzene rings is 1. The van der Waals surface area contributed by atoms with Gasteiger partial charge in [0.2, 0.25) is 5.89 Å². The number of nitrogens with zero attached hydrogens (tertiary/aromatic N) is 2. The molecule has 1 aliphatic rings. The Kier molecular flexibility index (Phi) is 3.64. The van der Waals surface area contributed by atoms with Crippen molar-refractivity contribution in [1.29, 1.82) is 0 Å². The molecular weight excluding hydrogens is 261 g/mol. The Bertz CT molecular complexity index is 629. The van der Waals surface area contributed by atoms with Crippen molar-refractivity contribution < 1.29 is 8.81 Å². The van der Waals surface area contributed by atoms with E-state index in [-0.39, 0.29) is 11.7 Å². The summed E-state index contributed by atoms with van der Waals surface area (Å²) in [4.78, 5) is 13.2. The Hall–Kier alpha value is -1.95. The van der Waals surface area contributed by atoms with Gasteiger partial charge in [0, 0.05) is 12.5 Å². The maximum Gasteiger partial charge on any atom is 0.434 e. The van der Waals surface area contributed by atoms with Gasteiger partial charge in [-0.15, -0.1) is 5.10 Å². The highest BCUT2D eigenvalue weighted by Crippen LogP contribution is 2.26. The maximum atomic E-state index is 13.1. The molecule has 5 nitrogen and oxygen atoms in total. The Labute approximate surface area is 115 Å². The van der Waals surface area contributed by atoms with Crippen molar-refractivity contribution in [3.05, 3.63) is 52.1 Å². The number of rotatable bonds is 3. The van der Waals surface area contributed by atoms with E-state index in [4.69, 9.17) is 4.42 Å². The first-order chi connectivity index (χ1) is 9.70. The number of H-pyrrole nitrogens is 1. The minimum Gasteiger partial charge on any atom is -0.392 e. The minimum absolute atomic E-state index is 0.192. The van der Waals surface area contributed by atoms with E-state index < -0.39 is 5.76 Å². The van der Waals surface area contributed by atoms with Gasteiger partial charge in [0.1, 0.15) is 5.82 Å². The highest BCUT2D eigenvalue weighted by atomic mass is 19.1. The van der Waals surface area contributed by atoms with Crippen molar-refractivity contribution in [2.75, 3.05) is 13.1 Å². The normalized spacial score (nSPS) is 17.4. The summed E-state index contributed by atoms with van der Waals surface area (Å²) in [5.74, 6) is -0.00371. The molecule has 1 aromatic heterocycles. The summed E-state index contributed by atoms with van der Waals surface area (Å²) in [6.45, 7) is 2.52. The summed E-state index contributed by atoms with van der Waals surface area (Å²) in [5.41, 5.74) is 0.981. The molecule has 1 fully saturated rings. The number of aromatic nitrogens is 2. The van der Waals surface area contributed by atoms with Crippen LogP contribution in [0.3, 0.4) is 0 Å². The van der Waals surface area contributed by atoms with Crippen LogP contribution in [0.5, 0.6) is 0 Å². The molecule has 0 bridgehead atoms. The van der Waals surface area contributed by atoms with Crippen molar-refractivity contribution >= 4 is 0 Å². The van der Waals surface area contributed by atoms with Crippen molar-refractivity contribution in [3.8, 4) is 0 Å². The molecule has 6 heteroatoms. The van der Waals surface area contributed by atoms with E-state index in [9.17, 15) is 9.18 Å². The number of nitrogens with one attached hydrogen (secondary N) is 1. The molecule has 0 amide bonds.